The van der Waals surface area contributed by atoms with E-state index < -0.39 is 0 Å². The van der Waals surface area contributed by atoms with Crippen LogP contribution in [0.15, 0.2) is 10.7 Å². The van der Waals surface area contributed by atoms with Gasteiger partial charge in [-0.25, -0.2) is 0 Å². The van der Waals surface area contributed by atoms with E-state index in [4.69, 9.17) is 15.4 Å². The summed E-state index contributed by atoms with van der Waals surface area (Å²) in [6.45, 7) is 1.68. The van der Waals surface area contributed by atoms with Gasteiger partial charge in [-0.1, -0.05) is 5.16 Å². The van der Waals surface area contributed by atoms with Gasteiger partial charge in [0.25, 0.3) is 0 Å². The topological polar surface area (TPSA) is 72.3 Å². The second-order valence-corrected chi connectivity index (χ2v) is 2.13. The monoisotopic (exact) mass is 142 g/mol. The maximum Gasteiger partial charge on any atom is 0.138 e. The molecule has 0 saturated carbocycles. The Bertz CT molecular complexity index is 209. The van der Waals surface area contributed by atoms with Gasteiger partial charge in [0.15, 0.2) is 0 Å². The van der Waals surface area contributed by atoms with Crippen LogP contribution in [0.1, 0.15) is 17.4 Å². The molecule has 1 aromatic rings. The zero-order valence-corrected chi connectivity index (χ0v) is 5.74. The van der Waals surface area contributed by atoms with Gasteiger partial charge in [-0.05, 0) is 6.92 Å². The van der Waals surface area contributed by atoms with E-state index in [0.717, 1.165) is 5.56 Å². The quantitative estimate of drug-likeness (QED) is 0.608. The molecular weight excluding hydrogens is 132 g/mol. The van der Waals surface area contributed by atoms with Crippen LogP contribution in [-0.4, -0.2) is 16.9 Å². The van der Waals surface area contributed by atoms with E-state index in [0.29, 0.717) is 5.76 Å². The molecule has 0 amide bonds. The molecule has 0 aliphatic heterocycles. The molecule has 0 radical (unpaired) electrons. The van der Waals surface area contributed by atoms with Crippen LogP contribution in [0.4, 0.5) is 0 Å². The third kappa shape index (κ3) is 1.17. The van der Waals surface area contributed by atoms with Crippen molar-refractivity contribution < 1.29 is 9.63 Å². The molecule has 0 bridgehead atoms. The molecule has 56 valence electrons. The fourth-order valence-electron chi connectivity index (χ4n) is 0.761. The number of hydrogen-bond acceptors (Lipinski definition) is 4. The van der Waals surface area contributed by atoms with Crippen molar-refractivity contribution in [1.29, 1.82) is 0 Å². The first-order valence-corrected chi connectivity index (χ1v) is 3.03. The Hall–Kier alpha value is -0.870. The van der Waals surface area contributed by atoms with E-state index in [1.165, 1.54) is 6.20 Å². The van der Waals surface area contributed by atoms with Gasteiger partial charge < -0.3 is 15.4 Å². The molecule has 0 aromatic carbocycles. The number of aromatic nitrogens is 1. The summed E-state index contributed by atoms with van der Waals surface area (Å²) in [7, 11) is 0. The van der Waals surface area contributed by atoms with Gasteiger partial charge in [0.1, 0.15) is 5.76 Å². The second kappa shape index (κ2) is 2.81. The third-order valence-corrected chi connectivity index (χ3v) is 1.38. The zero-order chi connectivity index (χ0) is 7.56. The Morgan fingerprint density at radius 3 is 3.00 bits per heavy atom. The SMILES string of the molecule is Cc1oncc1C(N)CO. The molecule has 0 fully saturated rings. The van der Waals surface area contributed by atoms with Crippen LogP contribution in [0.3, 0.4) is 0 Å². The van der Waals surface area contributed by atoms with E-state index in [2.05, 4.69) is 5.16 Å². The smallest absolute Gasteiger partial charge is 0.138 e. The normalized spacial score (nSPS) is 13.5. The molecule has 4 nitrogen and oxygen atoms in total. The number of aliphatic hydroxyl groups is 1. The van der Waals surface area contributed by atoms with E-state index in [1.54, 1.807) is 6.92 Å². The zero-order valence-electron chi connectivity index (χ0n) is 5.74. The van der Waals surface area contributed by atoms with Crippen LogP contribution in [0.2, 0.25) is 0 Å². The minimum atomic E-state index is -0.369. The Kier molecular flexibility index (Phi) is 2.03. The largest absolute Gasteiger partial charge is 0.394 e. The average Bonchev–Trinajstić information content (AvgIpc) is 2.34. The highest BCUT2D eigenvalue weighted by atomic mass is 16.5. The summed E-state index contributed by atoms with van der Waals surface area (Å²) in [5, 5.41) is 12.2. The van der Waals surface area contributed by atoms with Gasteiger partial charge in [0.05, 0.1) is 18.8 Å². The van der Waals surface area contributed by atoms with Crippen molar-refractivity contribution in [3.8, 4) is 0 Å². The molecule has 4 heteroatoms. The molecule has 0 aliphatic rings. The summed E-state index contributed by atoms with van der Waals surface area (Å²) in [5.41, 5.74) is 6.26. The lowest BCUT2D eigenvalue weighted by molar-refractivity contribution is 0.266. The maximum absolute atomic E-state index is 8.64. The van der Waals surface area contributed by atoms with Crippen molar-refractivity contribution in [2.24, 2.45) is 5.73 Å². The van der Waals surface area contributed by atoms with Crippen molar-refractivity contribution in [3.05, 3.63) is 17.5 Å². The number of rotatable bonds is 2. The first-order valence-electron chi connectivity index (χ1n) is 3.03. The summed E-state index contributed by atoms with van der Waals surface area (Å²) in [5.74, 6) is 0.668. The number of aliphatic hydroxyl groups excluding tert-OH is 1. The van der Waals surface area contributed by atoms with Crippen LogP contribution < -0.4 is 5.73 Å². The van der Waals surface area contributed by atoms with Crippen LogP contribution in [0, 0.1) is 6.92 Å². The van der Waals surface area contributed by atoms with Crippen LogP contribution in [0.25, 0.3) is 0 Å². The average molecular weight is 142 g/mol. The lowest BCUT2D eigenvalue weighted by atomic mass is 10.1. The highest BCUT2D eigenvalue weighted by Crippen LogP contribution is 2.12. The number of nitrogens with zero attached hydrogens (tertiary/aromatic N) is 1. The van der Waals surface area contributed by atoms with Gasteiger partial charge in [0.2, 0.25) is 0 Å². The number of nitrogens with two attached hydrogens (primary N) is 1. The predicted octanol–water partition coefficient (Wildman–Crippen LogP) is -0.0249. The minimum Gasteiger partial charge on any atom is -0.394 e. The summed E-state index contributed by atoms with van der Waals surface area (Å²) < 4.78 is 4.75. The Labute approximate surface area is 58.6 Å². The second-order valence-electron chi connectivity index (χ2n) is 2.13. The van der Waals surface area contributed by atoms with Crippen LogP contribution in [0.5, 0.6) is 0 Å². The van der Waals surface area contributed by atoms with E-state index in [-0.39, 0.29) is 12.6 Å². The van der Waals surface area contributed by atoms with Crippen LogP contribution >= 0.6 is 0 Å². The van der Waals surface area contributed by atoms with Crippen molar-refractivity contribution >= 4 is 0 Å². The molecule has 0 aliphatic carbocycles. The van der Waals surface area contributed by atoms with Gasteiger partial charge in [-0.15, -0.1) is 0 Å². The van der Waals surface area contributed by atoms with Gasteiger partial charge >= 0.3 is 0 Å². The summed E-state index contributed by atoms with van der Waals surface area (Å²) >= 11 is 0. The summed E-state index contributed by atoms with van der Waals surface area (Å²) in [4.78, 5) is 0. The van der Waals surface area contributed by atoms with E-state index >= 15 is 0 Å². The Morgan fingerprint density at radius 2 is 2.60 bits per heavy atom. The van der Waals surface area contributed by atoms with Crippen molar-refractivity contribution in [3.63, 3.8) is 0 Å². The first-order chi connectivity index (χ1) is 4.75. The first kappa shape index (κ1) is 7.24. The summed E-state index contributed by atoms with van der Waals surface area (Å²) in [6.07, 6.45) is 1.52. The standard InChI is InChI=1S/C6H10N2O2/c1-4-5(2-8-10-4)6(7)3-9/h2,6,9H,3,7H2,1H3. The van der Waals surface area contributed by atoms with E-state index in [9.17, 15) is 0 Å². The molecule has 0 spiro atoms. The predicted molar refractivity (Wildman–Crippen MR) is 35.3 cm³/mol. The molecule has 1 heterocycles. The molecule has 1 atom stereocenters. The number of hydrogen-bond donors (Lipinski definition) is 2. The lowest BCUT2D eigenvalue weighted by Gasteiger charge is -2.03. The molecule has 1 unspecified atom stereocenters. The van der Waals surface area contributed by atoms with Crippen molar-refractivity contribution in [2.75, 3.05) is 6.61 Å². The molecule has 3 N–H and O–H groups in total. The van der Waals surface area contributed by atoms with Gasteiger partial charge in [-0.3, -0.25) is 0 Å². The Balaban J connectivity index is 2.82. The molecule has 1 rings (SSSR count). The van der Waals surface area contributed by atoms with E-state index in [1.807, 2.05) is 0 Å². The highest BCUT2D eigenvalue weighted by molar-refractivity contribution is 5.15. The summed E-state index contributed by atoms with van der Waals surface area (Å²) in [6, 6.07) is -0.369. The minimum absolute atomic E-state index is 0.0813. The number of aryl methyl sites for hydroxylation is 1. The lowest BCUT2D eigenvalue weighted by Crippen LogP contribution is -2.14. The van der Waals surface area contributed by atoms with Gasteiger partial charge in [0, 0.05) is 5.56 Å². The van der Waals surface area contributed by atoms with Gasteiger partial charge in [-0.2, -0.15) is 0 Å². The Morgan fingerprint density at radius 1 is 1.90 bits per heavy atom. The van der Waals surface area contributed by atoms with Crippen LogP contribution in [-0.2, 0) is 0 Å². The maximum atomic E-state index is 8.64. The fourth-order valence-corrected chi connectivity index (χ4v) is 0.761. The third-order valence-electron chi connectivity index (χ3n) is 1.38. The highest BCUT2D eigenvalue weighted by Gasteiger charge is 2.10. The molecule has 10 heavy (non-hydrogen) atoms. The van der Waals surface area contributed by atoms with Crippen molar-refractivity contribution in [1.82, 2.24) is 5.16 Å². The van der Waals surface area contributed by atoms with Crippen molar-refractivity contribution in [2.45, 2.75) is 13.0 Å². The molecule has 1 aromatic heterocycles. The molecular formula is C6H10N2O2. The fraction of sp³-hybridized carbons (Fsp3) is 0.500. The molecule has 0 saturated heterocycles.